The van der Waals surface area contributed by atoms with E-state index in [1.807, 2.05) is 30.3 Å². The average Bonchev–Trinajstić information content (AvgIpc) is 3.59. The number of hydrogen-bond acceptors (Lipinski definition) is 6. The lowest BCUT2D eigenvalue weighted by atomic mass is 10.1. The number of furan rings is 1. The van der Waals surface area contributed by atoms with Crippen molar-refractivity contribution in [2.45, 2.75) is 19.4 Å². The molecule has 1 aliphatic heterocycles. The molecule has 1 fully saturated rings. The molecule has 190 valence electrons. The number of nitrogens with one attached hydrogen (secondary N) is 2. The Labute approximate surface area is 215 Å². The molecule has 5 rings (SSSR count). The summed E-state index contributed by atoms with van der Waals surface area (Å²) in [7, 11) is 0. The van der Waals surface area contributed by atoms with Gasteiger partial charge in [0, 0.05) is 17.5 Å². The fraction of sp³-hybridized carbons (Fsp3) is 0.241. The Morgan fingerprint density at radius 2 is 1.73 bits per heavy atom. The first-order valence-electron chi connectivity index (χ1n) is 12.5. The van der Waals surface area contributed by atoms with E-state index >= 15 is 0 Å². The van der Waals surface area contributed by atoms with Gasteiger partial charge in [-0.05, 0) is 80.0 Å². The summed E-state index contributed by atoms with van der Waals surface area (Å²) in [5.74, 6) is 0.351. The molecule has 4 aromatic rings. The molecular formula is C29H30N4O4. The number of carbonyl (C=O) groups is 2. The zero-order valence-electron chi connectivity index (χ0n) is 20.5. The first-order chi connectivity index (χ1) is 18.1. The third-order valence-electron chi connectivity index (χ3n) is 6.45. The maximum atomic E-state index is 12.7. The third-order valence-corrected chi connectivity index (χ3v) is 6.45. The van der Waals surface area contributed by atoms with E-state index in [4.69, 9.17) is 14.9 Å². The van der Waals surface area contributed by atoms with Crippen LogP contribution in [0.5, 0.6) is 5.75 Å². The molecule has 2 amide bonds. The van der Waals surface area contributed by atoms with Crippen molar-refractivity contribution in [3.05, 3.63) is 89.7 Å². The van der Waals surface area contributed by atoms with Gasteiger partial charge in [-0.15, -0.1) is 0 Å². The van der Waals surface area contributed by atoms with Gasteiger partial charge in [0.1, 0.15) is 17.9 Å². The number of rotatable bonds is 9. The van der Waals surface area contributed by atoms with E-state index in [-0.39, 0.29) is 18.4 Å². The molecule has 0 bridgehead atoms. The fourth-order valence-electron chi connectivity index (χ4n) is 4.48. The standard InChI is InChI=1S/C29H30N4O4/c30-24-7-1-2-8-25(24)32-28(34)20-10-12-22(13-11-20)36-17-14-31-29(35)27-18-23-21(6-5-9-26(23)37-27)19-33-15-3-4-16-33/h1-2,5-13,18H,3-4,14-17,19,30H2,(H,31,35)(H,32,34). The summed E-state index contributed by atoms with van der Waals surface area (Å²) in [6.45, 7) is 3.68. The number of nitrogens with two attached hydrogens (primary N) is 1. The van der Waals surface area contributed by atoms with Crippen LogP contribution in [-0.2, 0) is 6.54 Å². The van der Waals surface area contributed by atoms with Crippen LogP contribution in [0, 0.1) is 0 Å². The van der Waals surface area contributed by atoms with Crippen molar-refractivity contribution in [3.8, 4) is 5.75 Å². The molecule has 8 nitrogen and oxygen atoms in total. The van der Waals surface area contributed by atoms with E-state index in [0.29, 0.717) is 35.0 Å². The van der Waals surface area contributed by atoms with Gasteiger partial charge in [0.15, 0.2) is 5.76 Å². The number of amides is 2. The molecule has 0 saturated carbocycles. The molecule has 1 aliphatic rings. The molecule has 0 unspecified atom stereocenters. The van der Waals surface area contributed by atoms with E-state index < -0.39 is 0 Å². The Balaban J connectivity index is 1.11. The number of anilines is 2. The minimum Gasteiger partial charge on any atom is -0.492 e. The second kappa shape index (κ2) is 11.2. The van der Waals surface area contributed by atoms with Crippen LogP contribution in [0.4, 0.5) is 11.4 Å². The molecule has 0 radical (unpaired) electrons. The van der Waals surface area contributed by atoms with Crippen LogP contribution in [0.2, 0.25) is 0 Å². The molecule has 37 heavy (non-hydrogen) atoms. The van der Waals surface area contributed by atoms with E-state index in [2.05, 4.69) is 21.6 Å². The highest BCUT2D eigenvalue weighted by Gasteiger charge is 2.17. The van der Waals surface area contributed by atoms with Gasteiger partial charge in [0.05, 0.1) is 17.9 Å². The Hall–Kier alpha value is -4.30. The maximum absolute atomic E-state index is 12.7. The van der Waals surface area contributed by atoms with Crippen molar-refractivity contribution >= 4 is 34.2 Å². The van der Waals surface area contributed by atoms with Gasteiger partial charge < -0.3 is 25.5 Å². The van der Waals surface area contributed by atoms with Gasteiger partial charge in [-0.2, -0.15) is 0 Å². The Morgan fingerprint density at radius 1 is 0.946 bits per heavy atom. The van der Waals surface area contributed by atoms with Crippen molar-refractivity contribution < 1.29 is 18.7 Å². The van der Waals surface area contributed by atoms with Crippen LogP contribution in [0.3, 0.4) is 0 Å². The Bertz CT molecular complexity index is 1390. The maximum Gasteiger partial charge on any atom is 0.287 e. The van der Waals surface area contributed by atoms with E-state index in [1.165, 1.54) is 18.4 Å². The largest absolute Gasteiger partial charge is 0.492 e. The van der Waals surface area contributed by atoms with E-state index in [9.17, 15) is 9.59 Å². The van der Waals surface area contributed by atoms with Crippen LogP contribution >= 0.6 is 0 Å². The van der Waals surface area contributed by atoms with Gasteiger partial charge in [0.25, 0.3) is 11.8 Å². The first-order valence-corrected chi connectivity index (χ1v) is 12.5. The summed E-state index contributed by atoms with van der Waals surface area (Å²) in [6, 6.07) is 21.7. The summed E-state index contributed by atoms with van der Waals surface area (Å²) < 4.78 is 11.5. The highest BCUT2D eigenvalue weighted by molar-refractivity contribution is 6.05. The first kappa shape index (κ1) is 24.4. The Morgan fingerprint density at radius 3 is 2.51 bits per heavy atom. The zero-order valence-corrected chi connectivity index (χ0v) is 20.5. The highest BCUT2D eigenvalue weighted by atomic mass is 16.5. The molecule has 1 aromatic heterocycles. The number of para-hydroxylation sites is 2. The van der Waals surface area contributed by atoms with Crippen LogP contribution in [0.15, 0.2) is 77.2 Å². The second-order valence-electron chi connectivity index (χ2n) is 9.09. The molecule has 0 spiro atoms. The number of nitrogens with zero attached hydrogens (tertiary/aromatic N) is 1. The molecule has 4 N–H and O–H groups in total. The molecule has 0 aliphatic carbocycles. The number of fused-ring (bicyclic) bond motifs is 1. The van der Waals surface area contributed by atoms with Crippen molar-refractivity contribution in [2.24, 2.45) is 0 Å². The Kier molecular flexibility index (Phi) is 7.37. The van der Waals surface area contributed by atoms with Gasteiger partial charge in [0.2, 0.25) is 0 Å². The summed E-state index contributed by atoms with van der Waals surface area (Å²) in [4.78, 5) is 27.5. The van der Waals surface area contributed by atoms with Gasteiger partial charge in [-0.25, -0.2) is 0 Å². The smallest absolute Gasteiger partial charge is 0.287 e. The molecule has 0 atom stereocenters. The number of likely N-dealkylation sites (tertiary alicyclic amines) is 1. The number of carbonyl (C=O) groups excluding carboxylic acids is 2. The lowest BCUT2D eigenvalue weighted by Gasteiger charge is -2.14. The topological polar surface area (TPSA) is 110 Å². The summed E-state index contributed by atoms with van der Waals surface area (Å²) >= 11 is 0. The monoisotopic (exact) mass is 498 g/mol. The van der Waals surface area contributed by atoms with Crippen LogP contribution in [0.25, 0.3) is 11.0 Å². The van der Waals surface area contributed by atoms with Gasteiger partial charge in [-0.1, -0.05) is 24.3 Å². The molecule has 3 aromatic carbocycles. The molecular weight excluding hydrogens is 468 g/mol. The number of benzene rings is 3. The van der Waals surface area contributed by atoms with Crippen LogP contribution in [0.1, 0.15) is 39.3 Å². The average molecular weight is 499 g/mol. The van der Waals surface area contributed by atoms with Crippen molar-refractivity contribution in [1.29, 1.82) is 0 Å². The lowest BCUT2D eigenvalue weighted by molar-refractivity contribution is 0.0921. The summed E-state index contributed by atoms with van der Waals surface area (Å²) in [5.41, 5.74) is 9.33. The molecule has 2 heterocycles. The fourth-order valence-corrected chi connectivity index (χ4v) is 4.48. The quantitative estimate of drug-likeness (QED) is 0.229. The number of hydrogen-bond donors (Lipinski definition) is 3. The van der Waals surface area contributed by atoms with Crippen molar-refractivity contribution in [3.63, 3.8) is 0 Å². The van der Waals surface area contributed by atoms with Crippen LogP contribution < -0.4 is 21.1 Å². The summed E-state index contributed by atoms with van der Waals surface area (Å²) in [5, 5.41) is 6.62. The zero-order chi connectivity index (χ0) is 25.6. The van der Waals surface area contributed by atoms with Crippen molar-refractivity contribution in [1.82, 2.24) is 10.2 Å². The predicted molar refractivity (Wildman–Crippen MR) is 144 cm³/mol. The molecule has 1 saturated heterocycles. The van der Waals surface area contributed by atoms with Gasteiger partial charge >= 0.3 is 0 Å². The minimum absolute atomic E-state index is 0.258. The van der Waals surface area contributed by atoms with E-state index in [0.717, 1.165) is 30.6 Å². The van der Waals surface area contributed by atoms with E-state index in [1.54, 1.807) is 36.4 Å². The van der Waals surface area contributed by atoms with Gasteiger partial charge in [-0.3, -0.25) is 14.5 Å². The highest BCUT2D eigenvalue weighted by Crippen LogP contribution is 2.25. The molecule has 8 heteroatoms. The minimum atomic E-state index is -0.279. The van der Waals surface area contributed by atoms with Crippen molar-refractivity contribution in [2.75, 3.05) is 37.3 Å². The lowest BCUT2D eigenvalue weighted by Crippen LogP contribution is -2.27. The normalized spacial score (nSPS) is 13.5. The second-order valence-corrected chi connectivity index (χ2v) is 9.09. The number of ether oxygens (including phenoxy) is 1. The SMILES string of the molecule is Nc1ccccc1NC(=O)c1ccc(OCCNC(=O)c2cc3c(CN4CCCC4)cccc3o2)cc1. The number of nitrogen functional groups attached to an aromatic ring is 1. The summed E-state index contributed by atoms with van der Waals surface area (Å²) in [6.07, 6.45) is 2.47. The predicted octanol–water partition coefficient (Wildman–Crippen LogP) is 4.67. The van der Waals surface area contributed by atoms with Crippen LogP contribution in [-0.4, -0.2) is 43.0 Å². The third kappa shape index (κ3) is 5.92.